The lowest BCUT2D eigenvalue weighted by atomic mass is 10.1. The molecule has 4 nitrogen and oxygen atoms in total. The summed E-state index contributed by atoms with van der Waals surface area (Å²) in [7, 11) is 3.58. The summed E-state index contributed by atoms with van der Waals surface area (Å²) in [4.78, 5) is 13.3. The minimum Gasteiger partial charge on any atom is -0.365 e. The number of amides is 1. The zero-order valence-electron chi connectivity index (χ0n) is 12.6. The highest BCUT2D eigenvalue weighted by atomic mass is 16.1. The molecule has 1 aromatic rings. The maximum Gasteiger partial charge on any atom is 0.239 e. The summed E-state index contributed by atoms with van der Waals surface area (Å²) >= 11 is 0. The third kappa shape index (κ3) is 4.91. The maximum absolute atomic E-state index is 11.4. The molecule has 4 heteroatoms. The van der Waals surface area contributed by atoms with Crippen molar-refractivity contribution in [2.24, 2.45) is 0 Å². The average molecular weight is 263 g/mol. The largest absolute Gasteiger partial charge is 0.365 e. The Labute approximate surface area is 116 Å². The minimum absolute atomic E-state index is 0.0192. The number of likely N-dealkylation sites (N-methyl/N-ethyl adjacent to an activating group) is 2. The van der Waals surface area contributed by atoms with E-state index < -0.39 is 0 Å². The van der Waals surface area contributed by atoms with E-state index in [4.69, 9.17) is 0 Å². The monoisotopic (exact) mass is 263 g/mol. The van der Waals surface area contributed by atoms with Crippen LogP contribution < -0.4 is 15.5 Å². The van der Waals surface area contributed by atoms with Gasteiger partial charge in [-0.1, -0.05) is 19.9 Å². The summed E-state index contributed by atoms with van der Waals surface area (Å²) in [6.07, 6.45) is 0. The Balaban J connectivity index is 2.72. The fraction of sp³-hybridized carbons (Fsp3) is 0.533. The van der Waals surface area contributed by atoms with E-state index in [-0.39, 0.29) is 5.91 Å². The van der Waals surface area contributed by atoms with Gasteiger partial charge < -0.3 is 15.5 Å². The van der Waals surface area contributed by atoms with Crippen LogP contribution in [0.5, 0.6) is 0 Å². The lowest BCUT2D eigenvalue weighted by Crippen LogP contribution is -2.33. The normalized spacial score (nSPS) is 10.6. The van der Waals surface area contributed by atoms with Gasteiger partial charge in [-0.15, -0.1) is 0 Å². The number of aryl methyl sites for hydroxylation is 1. The molecule has 0 unspecified atom stereocenters. The second-order valence-corrected chi connectivity index (χ2v) is 5.18. The molecule has 2 N–H and O–H groups in total. The van der Waals surface area contributed by atoms with Gasteiger partial charge in [0.25, 0.3) is 0 Å². The number of carbonyl (C=O) groups excluding carboxylic acids is 1. The molecule has 1 rings (SSSR count). The molecule has 0 atom stereocenters. The highest BCUT2D eigenvalue weighted by Gasteiger charge is 2.07. The van der Waals surface area contributed by atoms with E-state index in [2.05, 4.69) is 49.6 Å². The third-order valence-electron chi connectivity index (χ3n) is 3.13. The summed E-state index contributed by atoms with van der Waals surface area (Å²) in [5.41, 5.74) is 3.61. The number of nitrogens with zero attached hydrogens (tertiary/aromatic N) is 1. The summed E-state index contributed by atoms with van der Waals surface area (Å²) < 4.78 is 0. The molecule has 0 saturated heterocycles. The van der Waals surface area contributed by atoms with Gasteiger partial charge in [0.2, 0.25) is 5.91 Å². The summed E-state index contributed by atoms with van der Waals surface area (Å²) in [6, 6.07) is 6.79. The number of carbonyl (C=O) groups is 1. The quantitative estimate of drug-likeness (QED) is 0.820. The Bertz CT molecular complexity index is 429. The van der Waals surface area contributed by atoms with Crippen LogP contribution in [0.25, 0.3) is 0 Å². The second-order valence-electron chi connectivity index (χ2n) is 5.18. The first-order chi connectivity index (χ1) is 8.93. The van der Waals surface area contributed by atoms with Crippen molar-refractivity contribution in [3.8, 4) is 0 Å². The van der Waals surface area contributed by atoms with Crippen molar-refractivity contribution in [3.05, 3.63) is 29.3 Å². The van der Waals surface area contributed by atoms with Gasteiger partial charge in [0.15, 0.2) is 0 Å². The zero-order chi connectivity index (χ0) is 14.4. The topological polar surface area (TPSA) is 44.4 Å². The van der Waals surface area contributed by atoms with Crippen LogP contribution in [0, 0.1) is 6.92 Å². The van der Waals surface area contributed by atoms with Crippen molar-refractivity contribution in [2.45, 2.75) is 33.4 Å². The number of hydrogen-bond donors (Lipinski definition) is 2. The predicted molar refractivity (Wildman–Crippen MR) is 80.5 cm³/mol. The van der Waals surface area contributed by atoms with Crippen molar-refractivity contribution in [2.75, 3.05) is 25.5 Å². The molecule has 0 spiro atoms. The van der Waals surface area contributed by atoms with Crippen LogP contribution in [-0.4, -0.2) is 32.6 Å². The highest BCUT2D eigenvalue weighted by Crippen LogP contribution is 2.18. The van der Waals surface area contributed by atoms with Crippen LogP contribution >= 0.6 is 0 Å². The van der Waals surface area contributed by atoms with E-state index >= 15 is 0 Å². The summed E-state index contributed by atoms with van der Waals surface area (Å²) in [6.45, 7) is 7.64. The fourth-order valence-electron chi connectivity index (χ4n) is 1.82. The standard InChI is InChI=1S/C15H25N3O/c1-11(2)17-9-13-6-7-14(8-12(13)3)18(5)10-15(19)16-4/h6-8,11,17H,9-10H2,1-5H3,(H,16,19). The molecule has 0 fully saturated rings. The van der Waals surface area contributed by atoms with Crippen LogP contribution in [0.2, 0.25) is 0 Å². The second kappa shape index (κ2) is 7.14. The minimum atomic E-state index is 0.0192. The molecule has 0 aromatic heterocycles. The first kappa shape index (κ1) is 15.5. The fourth-order valence-corrected chi connectivity index (χ4v) is 1.82. The zero-order valence-corrected chi connectivity index (χ0v) is 12.6. The Morgan fingerprint density at radius 3 is 2.58 bits per heavy atom. The van der Waals surface area contributed by atoms with Crippen molar-refractivity contribution in [3.63, 3.8) is 0 Å². The van der Waals surface area contributed by atoms with Gasteiger partial charge in [0.05, 0.1) is 6.54 Å². The molecule has 0 heterocycles. The van der Waals surface area contributed by atoms with Gasteiger partial charge in [-0.25, -0.2) is 0 Å². The van der Waals surface area contributed by atoms with Crippen LogP contribution in [0.3, 0.4) is 0 Å². The van der Waals surface area contributed by atoms with E-state index in [9.17, 15) is 4.79 Å². The Morgan fingerprint density at radius 1 is 1.37 bits per heavy atom. The van der Waals surface area contributed by atoms with Gasteiger partial charge in [-0.05, 0) is 30.2 Å². The van der Waals surface area contributed by atoms with Crippen LogP contribution in [0.4, 0.5) is 5.69 Å². The van der Waals surface area contributed by atoms with E-state index in [1.807, 2.05) is 11.9 Å². The van der Waals surface area contributed by atoms with Crippen molar-refractivity contribution >= 4 is 11.6 Å². The van der Waals surface area contributed by atoms with E-state index in [0.29, 0.717) is 12.6 Å². The molecule has 1 aromatic carbocycles. The lowest BCUT2D eigenvalue weighted by Gasteiger charge is -2.20. The lowest BCUT2D eigenvalue weighted by molar-refractivity contribution is -0.119. The molecule has 0 radical (unpaired) electrons. The van der Waals surface area contributed by atoms with E-state index in [0.717, 1.165) is 12.2 Å². The number of anilines is 1. The molecule has 106 valence electrons. The number of benzene rings is 1. The molecule has 0 aliphatic carbocycles. The predicted octanol–water partition coefficient (Wildman–Crippen LogP) is 1.68. The molecule has 19 heavy (non-hydrogen) atoms. The maximum atomic E-state index is 11.4. The van der Waals surface area contributed by atoms with Gasteiger partial charge in [-0.2, -0.15) is 0 Å². The molecule has 1 amide bonds. The number of nitrogens with one attached hydrogen (secondary N) is 2. The Hall–Kier alpha value is -1.55. The summed E-state index contributed by atoms with van der Waals surface area (Å²) in [5, 5.41) is 6.05. The van der Waals surface area contributed by atoms with Crippen molar-refractivity contribution in [1.29, 1.82) is 0 Å². The molecule has 0 aliphatic heterocycles. The van der Waals surface area contributed by atoms with Crippen LogP contribution in [0.15, 0.2) is 18.2 Å². The molecule has 0 bridgehead atoms. The van der Waals surface area contributed by atoms with Gasteiger partial charge in [-0.3, -0.25) is 4.79 Å². The molecule has 0 aliphatic rings. The van der Waals surface area contributed by atoms with Gasteiger partial charge >= 0.3 is 0 Å². The highest BCUT2D eigenvalue weighted by molar-refractivity contribution is 5.80. The third-order valence-corrected chi connectivity index (χ3v) is 3.13. The molecular formula is C15H25N3O. The van der Waals surface area contributed by atoms with E-state index in [1.54, 1.807) is 7.05 Å². The van der Waals surface area contributed by atoms with E-state index in [1.165, 1.54) is 11.1 Å². The SMILES string of the molecule is CNC(=O)CN(C)c1ccc(CNC(C)C)c(C)c1. The first-order valence-corrected chi connectivity index (χ1v) is 6.68. The van der Waals surface area contributed by atoms with Gasteiger partial charge in [0.1, 0.15) is 0 Å². The average Bonchev–Trinajstić information content (AvgIpc) is 2.36. The molecular weight excluding hydrogens is 238 g/mol. The van der Waals surface area contributed by atoms with Gasteiger partial charge in [0, 0.05) is 32.4 Å². The number of rotatable bonds is 6. The summed E-state index contributed by atoms with van der Waals surface area (Å²) in [5.74, 6) is 0.0192. The number of hydrogen-bond acceptors (Lipinski definition) is 3. The Kier molecular flexibility index (Phi) is 5.83. The molecule has 0 saturated carbocycles. The van der Waals surface area contributed by atoms with Crippen LogP contribution in [-0.2, 0) is 11.3 Å². The van der Waals surface area contributed by atoms with Crippen molar-refractivity contribution < 1.29 is 4.79 Å². The van der Waals surface area contributed by atoms with Crippen molar-refractivity contribution in [1.82, 2.24) is 10.6 Å². The Morgan fingerprint density at radius 2 is 2.05 bits per heavy atom. The van der Waals surface area contributed by atoms with Crippen LogP contribution in [0.1, 0.15) is 25.0 Å². The first-order valence-electron chi connectivity index (χ1n) is 6.68. The smallest absolute Gasteiger partial charge is 0.239 e.